The Labute approximate surface area is 252 Å². The zero-order valence-corrected chi connectivity index (χ0v) is 26.1. The Morgan fingerprint density at radius 1 is 1.30 bits per heavy atom. The summed E-state index contributed by atoms with van der Waals surface area (Å²) in [5, 5.41) is 32.4. The van der Waals surface area contributed by atoms with Crippen LogP contribution in [0.4, 0.5) is 4.79 Å². The van der Waals surface area contributed by atoms with E-state index in [9.17, 15) is 19.8 Å². The highest BCUT2D eigenvalue weighted by atomic mass is 16.6. The molecule has 0 aliphatic carbocycles. The summed E-state index contributed by atoms with van der Waals surface area (Å²) in [6, 6.07) is 1.45. The lowest BCUT2D eigenvalue weighted by atomic mass is 9.83. The topological polar surface area (TPSA) is 146 Å². The second kappa shape index (κ2) is 13.9. The fraction of sp³-hybridized carbons (Fsp3) is 0.484. The number of aliphatic hydroxyl groups is 2. The van der Waals surface area contributed by atoms with E-state index in [1.165, 1.54) is 28.0 Å². The first kappa shape index (κ1) is 33.3. The van der Waals surface area contributed by atoms with Crippen LogP contribution in [0.3, 0.4) is 0 Å². The largest absolute Gasteiger partial charge is 0.444 e. The van der Waals surface area contributed by atoms with Gasteiger partial charge in [0.25, 0.3) is 0 Å². The van der Waals surface area contributed by atoms with Crippen molar-refractivity contribution in [2.24, 2.45) is 5.10 Å². The number of piperidine rings is 1. The van der Waals surface area contributed by atoms with Crippen molar-refractivity contribution in [2.75, 3.05) is 27.2 Å². The third-order valence-corrected chi connectivity index (χ3v) is 6.65. The summed E-state index contributed by atoms with van der Waals surface area (Å²) < 4.78 is 6.91. The standard InChI is InChI=1S/C31H43N7O5/c1-9-10-23(15-21(2)16-25-26(39)11-13-38(35-25)22(3)17-34-36(7)8)28-32-18-24(19-33-28)31(42)12-14-37(20-27(31)40)29(41)43-30(4,5)6/h10-11,13,15,17-19,27,40,42H,3,9,12,14,16,20H2,1-2,4-8H3. The minimum atomic E-state index is -1.61. The SMILES string of the molecule is C=C(C=NN(C)C)n1ccc(=O)c(CC(C)=CC(=CCC)c2ncc(C3(O)CCN(C(=O)OC(C)(C)C)CC3O)cn2)n1. The molecule has 3 rings (SSSR count). The van der Waals surface area contributed by atoms with Crippen LogP contribution in [0.25, 0.3) is 11.3 Å². The third kappa shape index (κ3) is 8.91. The molecule has 1 fully saturated rings. The molecule has 0 aromatic carbocycles. The van der Waals surface area contributed by atoms with E-state index in [0.717, 1.165) is 17.6 Å². The van der Waals surface area contributed by atoms with Crippen LogP contribution < -0.4 is 5.43 Å². The molecule has 1 aliphatic rings. The number of hydrogen-bond acceptors (Lipinski definition) is 10. The number of rotatable bonds is 9. The maximum atomic E-state index is 12.6. The van der Waals surface area contributed by atoms with E-state index >= 15 is 0 Å². The van der Waals surface area contributed by atoms with Crippen LogP contribution in [0.5, 0.6) is 0 Å². The second-order valence-corrected chi connectivity index (χ2v) is 11.8. The normalized spacial score (nSPS) is 19.9. The summed E-state index contributed by atoms with van der Waals surface area (Å²) in [5.74, 6) is 0.431. The van der Waals surface area contributed by atoms with Crippen LogP contribution in [0, 0.1) is 0 Å². The Balaban J connectivity index is 1.77. The number of likely N-dealkylation sites (tertiary alicyclic amines) is 1. The number of nitrogens with zero attached hydrogens (tertiary/aromatic N) is 7. The first-order valence-corrected chi connectivity index (χ1v) is 14.2. The molecule has 12 nitrogen and oxygen atoms in total. The van der Waals surface area contributed by atoms with Crippen molar-refractivity contribution in [1.82, 2.24) is 29.7 Å². The highest BCUT2D eigenvalue weighted by molar-refractivity contribution is 6.00. The summed E-state index contributed by atoms with van der Waals surface area (Å²) in [6.07, 6.45) is 9.33. The van der Waals surface area contributed by atoms with Crippen molar-refractivity contribution < 1.29 is 19.7 Å². The fourth-order valence-corrected chi connectivity index (χ4v) is 4.44. The minimum Gasteiger partial charge on any atom is -0.444 e. The Bertz CT molecular complexity index is 1450. The van der Waals surface area contributed by atoms with Gasteiger partial charge in [-0.15, -0.1) is 0 Å². The predicted octanol–water partition coefficient (Wildman–Crippen LogP) is 3.22. The number of ether oxygens (including phenoxy) is 1. The van der Waals surface area contributed by atoms with Crippen molar-refractivity contribution in [3.63, 3.8) is 0 Å². The Morgan fingerprint density at radius 3 is 2.56 bits per heavy atom. The number of aliphatic hydroxyl groups excluding tert-OH is 1. The molecule has 0 bridgehead atoms. The van der Waals surface area contributed by atoms with Gasteiger partial charge in [0.2, 0.25) is 5.43 Å². The lowest BCUT2D eigenvalue weighted by molar-refractivity contribution is -0.123. The third-order valence-electron chi connectivity index (χ3n) is 6.65. The van der Waals surface area contributed by atoms with Gasteiger partial charge >= 0.3 is 6.09 Å². The first-order valence-electron chi connectivity index (χ1n) is 14.2. The van der Waals surface area contributed by atoms with Gasteiger partial charge in [-0.05, 0) is 34.1 Å². The molecule has 1 aliphatic heterocycles. The smallest absolute Gasteiger partial charge is 0.410 e. The number of carbonyl (C=O) groups is 1. The van der Waals surface area contributed by atoms with E-state index in [-0.39, 0.29) is 24.9 Å². The number of β-amino-alcohol motifs (C(OH)–C–C–N with tert-alkyl or cyclic N) is 1. The maximum absolute atomic E-state index is 12.6. The molecule has 12 heteroatoms. The Kier molecular flexibility index (Phi) is 10.8. The molecule has 2 aromatic rings. The van der Waals surface area contributed by atoms with Gasteiger partial charge in [0.05, 0.1) is 18.5 Å². The van der Waals surface area contributed by atoms with E-state index in [0.29, 0.717) is 29.2 Å². The molecule has 0 spiro atoms. The van der Waals surface area contributed by atoms with Gasteiger partial charge < -0.3 is 24.9 Å². The highest BCUT2D eigenvalue weighted by Crippen LogP contribution is 2.33. The van der Waals surface area contributed by atoms with Crippen molar-refractivity contribution in [3.05, 3.63) is 76.3 Å². The molecule has 43 heavy (non-hydrogen) atoms. The minimum absolute atomic E-state index is 0.0822. The van der Waals surface area contributed by atoms with Gasteiger partial charge in [-0.2, -0.15) is 10.2 Å². The first-order chi connectivity index (χ1) is 20.1. The molecule has 2 atom stereocenters. The van der Waals surface area contributed by atoms with Crippen LogP contribution in [-0.4, -0.2) is 91.1 Å². The predicted molar refractivity (Wildman–Crippen MR) is 166 cm³/mol. The number of allylic oxidation sites excluding steroid dienone is 5. The summed E-state index contributed by atoms with van der Waals surface area (Å²) in [6.45, 7) is 13.3. The van der Waals surface area contributed by atoms with Crippen LogP contribution in [0.2, 0.25) is 0 Å². The number of hydrogen-bond donors (Lipinski definition) is 2. The number of hydrazone groups is 1. The molecular weight excluding hydrogens is 550 g/mol. The fourth-order valence-electron chi connectivity index (χ4n) is 4.44. The van der Waals surface area contributed by atoms with Crippen LogP contribution >= 0.6 is 0 Å². The zero-order valence-electron chi connectivity index (χ0n) is 26.1. The molecule has 1 saturated heterocycles. The van der Waals surface area contributed by atoms with E-state index in [2.05, 4.69) is 26.7 Å². The highest BCUT2D eigenvalue weighted by Gasteiger charge is 2.44. The molecular formula is C31H43N7O5. The zero-order chi connectivity index (χ0) is 31.9. The molecule has 2 N–H and O–H groups in total. The molecule has 0 radical (unpaired) electrons. The molecule has 2 aromatic heterocycles. The Hall–Kier alpha value is -4.16. The lowest BCUT2D eigenvalue weighted by Crippen LogP contribution is -2.55. The summed E-state index contributed by atoms with van der Waals surface area (Å²) >= 11 is 0. The van der Waals surface area contributed by atoms with Gasteiger partial charge in [-0.25, -0.2) is 19.4 Å². The van der Waals surface area contributed by atoms with Gasteiger partial charge in [0.1, 0.15) is 23.0 Å². The van der Waals surface area contributed by atoms with E-state index in [4.69, 9.17) is 4.74 Å². The van der Waals surface area contributed by atoms with Crippen molar-refractivity contribution >= 4 is 23.6 Å². The molecule has 2 unspecified atom stereocenters. The molecule has 0 saturated carbocycles. The van der Waals surface area contributed by atoms with Gasteiger partial charge in [-0.1, -0.05) is 31.2 Å². The summed E-state index contributed by atoms with van der Waals surface area (Å²) in [7, 11) is 3.59. The van der Waals surface area contributed by atoms with Crippen molar-refractivity contribution in [1.29, 1.82) is 0 Å². The van der Waals surface area contributed by atoms with Gasteiger partial charge in [-0.3, -0.25) is 4.79 Å². The van der Waals surface area contributed by atoms with E-state index < -0.39 is 23.4 Å². The molecule has 1 amide bonds. The van der Waals surface area contributed by atoms with E-state index in [1.54, 1.807) is 52.3 Å². The monoisotopic (exact) mass is 593 g/mol. The maximum Gasteiger partial charge on any atom is 0.410 e. The summed E-state index contributed by atoms with van der Waals surface area (Å²) in [4.78, 5) is 35.4. The average molecular weight is 594 g/mol. The second-order valence-electron chi connectivity index (χ2n) is 11.8. The van der Waals surface area contributed by atoms with Crippen molar-refractivity contribution in [3.8, 4) is 0 Å². The number of aromatic nitrogens is 4. The van der Waals surface area contributed by atoms with E-state index in [1.807, 2.05) is 26.0 Å². The molecule has 3 heterocycles. The van der Waals surface area contributed by atoms with Gasteiger partial charge in [0.15, 0.2) is 5.82 Å². The number of amides is 1. The van der Waals surface area contributed by atoms with Crippen LogP contribution in [0.15, 0.2) is 58.9 Å². The lowest BCUT2D eigenvalue weighted by Gasteiger charge is -2.42. The van der Waals surface area contributed by atoms with Crippen LogP contribution in [0.1, 0.15) is 64.5 Å². The Morgan fingerprint density at radius 2 is 1.98 bits per heavy atom. The van der Waals surface area contributed by atoms with Crippen molar-refractivity contribution in [2.45, 2.75) is 71.2 Å². The molecule has 232 valence electrons. The summed E-state index contributed by atoms with van der Waals surface area (Å²) in [5.41, 5.74) is 0.378. The average Bonchev–Trinajstić information content (AvgIpc) is 2.93. The number of carbonyl (C=O) groups excluding carboxylic acids is 1. The quantitative estimate of drug-likeness (QED) is 0.254. The van der Waals surface area contributed by atoms with Crippen LogP contribution in [-0.2, 0) is 16.8 Å². The van der Waals surface area contributed by atoms with Gasteiger partial charge in [0, 0.05) is 69.3 Å².